The van der Waals surface area contributed by atoms with Crippen LogP contribution >= 0.6 is 0 Å². The molecule has 3 rings (SSSR count). The van der Waals surface area contributed by atoms with Gasteiger partial charge in [-0.1, -0.05) is 86.6 Å². The van der Waals surface area contributed by atoms with Gasteiger partial charge >= 0.3 is 5.97 Å². The molecule has 0 saturated heterocycles. The summed E-state index contributed by atoms with van der Waals surface area (Å²) in [5.41, 5.74) is 3.05. The van der Waals surface area contributed by atoms with E-state index in [9.17, 15) is 14.0 Å². The molecule has 36 heavy (non-hydrogen) atoms. The highest BCUT2D eigenvalue weighted by Crippen LogP contribution is 2.24. The molecule has 0 radical (unpaired) electrons. The number of ketones is 1. The van der Waals surface area contributed by atoms with Gasteiger partial charge in [0.1, 0.15) is 5.82 Å². The van der Waals surface area contributed by atoms with Crippen molar-refractivity contribution in [2.75, 3.05) is 6.61 Å². The molecule has 3 aromatic carbocycles. The van der Waals surface area contributed by atoms with Crippen LogP contribution in [0.4, 0.5) is 4.39 Å². The van der Waals surface area contributed by atoms with Crippen molar-refractivity contribution in [1.82, 2.24) is 4.90 Å². The van der Waals surface area contributed by atoms with Crippen LogP contribution in [-0.2, 0) is 33.8 Å². The lowest BCUT2D eigenvalue weighted by molar-refractivity contribution is -0.150. The molecule has 0 heterocycles. The number of nitrogens with zero attached hydrogens (tertiary/aromatic N) is 1. The van der Waals surface area contributed by atoms with E-state index < -0.39 is 11.9 Å². The van der Waals surface area contributed by atoms with Crippen LogP contribution in [0.15, 0.2) is 84.9 Å². The molecule has 0 fully saturated rings. The van der Waals surface area contributed by atoms with Crippen LogP contribution in [0.5, 0.6) is 0 Å². The minimum absolute atomic E-state index is 0.0111. The molecule has 0 aliphatic rings. The Morgan fingerprint density at radius 2 is 1.33 bits per heavy atom. The standard InChI is InChI=1S/C31H36FNO3/c1-4-36-31(35)27(19-24-15-17-28(32)18-16-24)20-29(34)30(23(2)3)33(21-25-11-7-5-8-12-25)22-26-13-9-6-10-14-26/h5-18,23,27,30H,4,19-22H2,1-3H3/t27?,30-/m0/s1. The molecule has 0 aromatic heterocycles. The average Bonchev–Trinajstić information content (AvgIpc) is 2.86. The summed E-state index contributed by atoms with van der Waals surface area (Å²) in [5.74, 6) is -1.30. The molecule has 1 unspecified atom stereocenters. The largest absolute Gasteiger partial charge is 0.466 e. The SMILES string of the molecule is CCOC(=O)C(CC(=O)[C@H](C(C)C)N(Cc1ccccc1)Cc1ccccc1)Cc1ccc(F)cc1. The van der Waals surface area contributed by atoms with E-state index in [4.69, 9.17) is 4.74 Å². The first-order chi connectivity index (χ1) is 17.4. The van der Waals surface area contributed by atoms with Crippen LogP contribution < -0.4 is 0 Å². The van der Waals surface area contributed by atoms with Crippen LogP contribution in [-0.4, -0.2) is 29.3 Å². The Bertz CT molecular complexity index is 1040. The van der Waals surface area contributed by atoms with Gasteiger partial charge in [-0.2, -0.15) is 0 Å². The second-order valence-electron chi connectivity index (χ2n) is 9.52. The van der Waals surface area contributed by atoms with Gasteiger partial charge in [0.05, 0.1) is 18.6 Å². The fourth-order valence-corrected chi connectivity index (χ4v) is 4.65. The zero-order valence-corrected chi connectivity index (χ0v) is 21.4. The van der Waals surface area contributed by atoms with Crippen LogP contribution in [0.1, 0.15) is 43.9 Å². The van der Waals surface area contributed by atoms with E-state index >= 15 is 0 Å². The van der Waals surface area contributed by atoms with Gasteiger partial charge in [-0.15, -0.1) is 0 Å². The first-order valence-electron chi connectivity index (χ1n) is 12.6. The first-order valence-corrected chi connectivity index (χ1v) is 12.6. The Morgan fingerprint density at radius 1 is 0.806 bits per heavy atom. The quantitative estimate of drug-likeness (QED) is 0.267. The maximum Gasteiger partial charge on any atom is 0.309 e. The molecule has 5 heteroatoms. The summed E-state index contributed by atoms with van der Waals surface area (Å²) in [5, 5.41) is 0. The van der Waals surface area contributed by atoms with Crippen molar-refractivity contribution in [3.05, 3.63) is 107 Å². The highest BCUT2D eigenvalue weighted by atomic mass is 19.1. The summed E-state index contributed by atoms with van der Waals surface area (Å²) in [6.07, 6.45) is 0.395. The van der Waals surface area contributed by atoms with Crippen LogP contribution in [0, 0.1) is 17.7 Å². The monoisotopic (exact) mass is 489 g/mol. The Balaban J connectivity index is 1.86. The van der Waals surface area contributed by atoms with Crippen molar-refractivity contribution in [2.45, 2.75) is 52.7 Å². The third-order valence-electron chi connectivity index (χ3n) is 6.27. The molecule has 0 spiro atoms. The van der Waals surface area contributed by atoms with E-state index in [2.05, 4.69) is 29.2 Å². The number of ether oxygens (including phenoxy) is 1. The number of rotatable bonds is 13. The molecule has 0 amide bonds. The zero-order chi connectivity index (χ0) is 25.9. The van der Waals surface area contributed by atoms with Crippen molar-refractivity contribution in [1.29, 1.82) is 0 Å². The normalized spacial score (nSPS) is 12.9. The summed E-state index contributed by atoms with van der Waals surface area (Å²) >= 11 is 0. The number of hydrogen-bond donors (Lipinski definition) is 0. The second kappa shape index (κ2) is 13.7. The summed E-state index contributed by atoms with van der Waals surface area (Å²) in [6.45, 7) is 7.33. The lowest BCUT2D eigenvalue weighted by Crippen LogP contribution is -2.45. The van der Waals surface area contributed by atoms with Crippen molar-refractivity contribution < 1.29 is 18.7 Å². The Labute approximate surface area is 214 Å². The van der Waals surface area contributed by atoms with Gasteiger partial charge in [-0.3, -0.25) is 14.5 Å². The third kappa shape index (κ3) is 8.13. The predicted molar refractivity (Wildman–Crippen MR) is 141 cm³/mol. The molecule has 0 aliphatic heterocycles. The lowest BCUT2D eigenvalue weighted by atomic mass is 9.87. The number of carbonyl (C=O) groups excluding carboxylic acids is 2. The molecule has 0 bridgehead atoms. The van der Waals surface area contributed by atoms with E-state index in [1.54, 1.807) is 19.1 Å². The minimum Gasteiger partial charge on any atom is -0.466 e. The van der Waals surface area contributed by atoms with E-state index in [0.717, 1.165) is 16.7 Å². The molecule has 190 valence electrons. The molecular weight excluding hydrogens is 453 g/mol. The maximum absolute atomic E-state index is 13.9. The van der Waals surface area contributed by atoms with Gasteiger partial charge in [-0.25, -0.2) is 4.39 Å². The third-order valence-corrected chi connectivity index (χ3v) is 6.27. The lowest BCUT2D eigenvalue weighted by Gasteiger charge is -2.34. The Hall–Kier alpha value is -3.31. The summed E-state index contributed by atoms with van der Waals surface area (Å²) in [6, 6.07) is 25.9. The average molecular weight is 490 g/mol. The summed E-state index contributed by atoms with van der Waals surface area (Å²) in [4.78, 5) is 28.9. The predicted octanol–water partition coefficient (Wildman–Crippen LogP) is 6.23. The van der Waals surface area contributed by atoms with Gasteiger partial charge < -0.3 is 4.74 Å². The van der Waals surface area contributed by atoms with Crippen molar-refractivity contribution in [3.8, 4) is 0 Å². The van der Waals surface area contributed by atoms with E-state index in [-0.39, 0.29) is 36.6 Å². The topological polar surface area (TPSA) is 46.6 Å². The second-order valence-corrected chi connectivity index (χ2v) is 9.52. The highest BCUT2D eigenvalue weighted by molar-refractivity contribution is 5.88. The van der Waals surface area contributed by atoms with Gasteiger partial charge in [0, 0.05) is 19.5 Å². The molecule has 3 aromatic rings. The number of esters is 1. The summed E-state index contributed by atoms with van der Waals surface area (Å²) < 4.78 is 18.7. The number of hydrogen-bond acceptors (Lipinski definition) is 4. The Kier molecular flexibility index (Phi) is 10.4. The van der Waals surface area contributed by atoms with Crippen molar-refractivity contribution in [3.63, 3.8) is 0 Å². The molecule has 0 N–H and O–H groups in total. The zero-order valence-electron chi connectivity index (χ0n) is 21.4. The number of halogens is 1. The minimum atomic E-state index is -0.625. The van der Waals surface area contributed by atoms with Crippen molar-refractivity contribution >= 4 is 11.8 Å². The van der Waals surface area contributed by atoms with E-state index in [0.29, 0.717) is 19.5 Å². The van der Waals surface area contributed by atoms with Gasteiger partial charge in [-0.05, 0) is 48.1 Å². The van der Waals surface area contributed by atoms with Gasteiger partial charge in [0.15, 0.2) is 5.78 Å². The van der Waals surface area contributed by atoms with Gasteiger partial charge in [0.2, 0.25) is 0 Å². The van der Waals surface area contributed by atoms with Crippen LogP contribution in [0.25, 0.3) is 0 Å². The summed E-state index contributed by atoms with van der Waals surface area (Å²) in [7, 11) is 0. The fourth-order valence-electron chi connectivity index (χ4n) is 4.65. The molecule has 4 nitrogen and oxygen atoms in total. The van der Waals surface area contributed by atoms with Crippen molar-refractivity contribution in [2.24, 2.45) is 11.8 Å². The molecule has 0 saturated carbocycles. The number of Topliss-reactive ketones (excluding diaryl/α,β-unsaturated/α-hetero) is 1. The number of carbonyl (C=O) groups is 2. The number of benzene rings is 3. The van der Waals surface area contributed by atoms with E-state index in [1.807, 2.05) is 50.2 Å². The molecule has 0 aliphatic carbocycles. The van der Waals surface area contributed by atoms with Gasteiger partial charge in [0.25, 0.3) is 0 Å². The fraction of sp³-hybridized carbons (Fsp3) is 0.355. The van der Waals surface area contributed by atoms with E-state index in [1.165, 1.54) is 12.1 Å². The van der Waals surface area contributed by atoms with Crippen LogP contribution in [0.3, 0.4) is 0 Å². The molecular formula is C31H36FNO3. The Morgan fingerprint density at radius 3 is 1.81 bits per heavy atom. The highest BCUT2D eigenvalue weighted by Gasteiger charge is 2.33. The first kappa shape index (κ1) is 27.3. The van der Waals surface area contributed by atoms with Crippen LogP contribution in [0.2, 0.25) is 0 Å². The molecule has 2 atom stereocenters. The smallest absolute Gasteiger partial charge is 0.309 e. The maximum atomic E-state index is 13.9.